The van der Waals surface area contributed by atoms with E-state index in [2.05, 4.69) is 24.3 Å². The van der Waals surface area contributed by atoms with Gasteiger partial charge in [0.25, 0.3) is 0 Å². The van der Waals surface area contributed by atoms with Crippen molar-refractivity contribution in [3.05, 3.63) is 0 Å². The first-order valence-corrected chi connectivity index (χ1v) is 5.28. The predicted molar refractivity (Wildman–Crippen MR) is 59.1 cm³/mol. The van der Waals surface area contributed by atoms with E-state index < -0.39 is 0 Å². The van der Waals surface area contributed by atoms with E-state index >= 15 is 0 Å². The summed E-state index contributed by atoms with van der Waals surface area (Å²) < 4.78 is 0. The van der Waals surface area contributed by atoms with Crippen LogP contribution in [0.25, 0.3) is 0 Å². The largest absolute Gasteiger partial charge is 0.356 e. The number of carbonyl (C=O) groups is 1. The van der Waals surface area contributed by atoms with E-state index in [9.17, 15) is 4.79 Å². The molecule has 0 bridgehead atoms. The van der Waals surface area contributed by atoms with Gasteiger partial charge in [0.05, 0.1) is 0 Å². The topological polar surface area (TPSA) is 58.4 Å². The van der Waals surface area contributed by atoms with Crippen LogP contribution >= 0.6 is 0 Å². The van der Waals surface area contributed by atoms with Crippen LogP contribution in [0.3, 0.4) is 0 Å². The third-order valence-electron chi connectivity index (χ3n) is 1.96. The minimum absolute atomic E-state index is 0.125. The molecule has 0 rings (SSSR count). The summed E-state index contributed by atoms with van der Waals surface area (Å²) in [5.41, 5.74) is 5.30. The maximum Gasteiger partial charge on any atom is 0.220 e. The van der Waals surface area contributed by atoms with Gasteiger partial charge in [-0.15, -0.1) is 0 Å². The van der Waals surface area contributed by atoms with E-state index in [1.54, 1.807) is 0 Å². The highest BCUT2D eigenvalue weighted by molar-refractivity contribution is 5.75. The first-order chi connectivity index (χ1) is 6.66. The average molecular weight is 201 g/mol. The molecule has 0 aromatic heterocycles. The Morgan fingerprint density at radius 2 is 2.00 bits per heavy atom. The van der Waals surface area contributed by atoms with Crippen molar-refractivity contribution in [3.63, 3.8) is 0 Å². The molecule has 0 aliphatic heterocycles. The Labute approximate surface area is 86.8 Å². The van der Waals surface area contributed by atoms with Crippen LogP contribution in [0.4, 0.5) is 0 Å². The average Bonchev–Trinajstić information content (AvgIpc) is 2.13. The number of rotatable bonds is 8. The van der Waals surface area contributed by atoms with Crippen molar-refractivity contribution in [1.82, 2.24) is 10.2 Å². The predicted octanol–water partition coefficient (Wildman–Crippen LogP) is 0.183. The van der Waals surface area contributed by atoms with Crippen LogP contribution in [-0.2, 0) is 4.79 Å². The lowest BCUT2D eigenvalue weighted by atomic mass is 10.2. The number of hydrogen-bond acceptors (Lipinski definition) is 3. The summed E-state index contributed by atoms with van der Waals surface area (Å²) in [6, 6.07) is 0. The Kier molecular flexibility index (Phi) is 8.57. The molecule has 0 aliphatic carbocycles. The van der Waals surface area contributed by atoms with Crippen LogP contribution in [0.15, 0.2) is 0 Å². The van der Waals surface area contributed by atoms with Gasteiger partial charge in [-0.1, -0.05) is 0 Å². The van der Waals surface area contributed by atoms with Crippen LogP contribution < -0.4 is 11.1 Å². The molecule has 0 saturated heterocycles. The van der Waals surface area contributed by atoms with Gasteiger partial charge in [-0.2, -0.15) is 0 Å². The van der Waals surface area contributed by atoms with Gasteiger partial charge in [-0.05, 0) is 46.4 Å². The number of hydrogen-bond donors (Lipinski definition) is 2. The molecule has 0 saturated carbocycles. The summed E-state index contributed by atoms with van der Waals surface area (Å²) >= 11 is 0. The summed E-state index contributed by atoms with van der Waals surface area (Å²) in [6.45, 7) is 2.46. The normalized spacial score (nSPS) is 10.6. The van der Waals surface area contributed by atoms with Crippen LogP contribution in [0.2, 0.25) is 0 Å². The van der Waals surface area contributed by atoms with Crippen molar-refractivity contribution in [2.24, 2.45) is 5.73 Å². The fraction of sp³-hybridized carbons (Fsp3) is 0.900. The third kappa shape index (κ3) is 9.48. The second-order valence-corrected chi connectivity index (χ2v) is 3.75. The zero-order chi connectivity index (χ0) is 10.8. The molecule has 0 radical (unpaired) electrons. The lowest BCUT2D eigenvalue weighted by Gasteiger charge is -2.09. The molecule has 3 N–H and O–H groups in total. The monoisotopic (exact) mass is 201 g/mol. The Morgan fingerprint density at radius 1 is 1.29 bits per heavy atom. The van der Waals surface area contributed by atoms with Crippen molar-refractivity contribution in [2.45, 2.75) is 25.7 Å². The van der Waals surface area contributed by atoms with Crippen LogP contribution in [0.1, 0.15) is 25.7 Å². The molecule has 0 aliphatic rings. The minimum atomic E-state index is 0.125. The summed E-state index contributed by atoms with van der Waals surface area (Å²) in [5.74, 6) is 0.125. The number of nitrogens with one attached hydrogen (secondary N) is 1. The smallest absolute Gasteiger partial charge is 0.220 e. The molecular weight excluding hydrogens is 178 g/mol. The van der Waals surface area contributed by atoms with E-state index in [0.717, 1.165) is 32.4 Å². The van der Waals surface area contributed by atoms with Crippen LogP contribution in [0.5, 0.6) is 0 Å². The van der Waals surface area contributed by atoms with Gasteiger partial charge < -0.3 is 16.0 Å². The van der Waals surface area contributed by atoms with Crippen molar-refractivity contribution in [2.75, 3.05) is 33.7 Å². The summed E-state index contributed by atoms with van der Waals surface area (Å²) in [6.07, 6.45) is 3.52. The molecule has 0 aromatic rings. The van der Waals surface area contributed by atoms with E-state index in [-0.39, 0.29) is 5.91 Å². The Balaban J connectivity index is 3.15. The lowest BCUT2D eigenvalue weighted by molar-refractivity contribution is -0.121. The summed E-state index contributed by atoms with van der Waals surface area (Å²) in [7, 11) is 4.11. The second-order valence-electron chi connectivity index (χ2n) is 3.75. The molecule has 0 heterocycles. The van der Waals surface area contributed by atoms with Crippen LogP contribution in [-0.4, -0.2) is 44.5 Å². The molecule has 1 amide bonds. The standard InChI is InChI=1S/C10H23N3O/c1-13(2)9-4-3-8-12-10(14)6-5-7-11/h3-9,11H2,1-2H3,(H,12,14). The van der Waals surface area contributed by atoms with E-state index in [0.29, 0.717) is 13.0 Å². The number of unbranched alkanes of at least 4 members (excludes halogenated alkanes) is 1. The van der Waals surface area contributed by atoms with Gasteiger partial charge in [0.15, 0.2) is 0 Å². The number of carbonyl (C=O) groups excluding carboxylic acids is 1. The van der Waals surface area contributed by atoms with Gasteiger partial charge in [-0.3, -0.25) is 4.79 Å². The third-order valence-corrected chi connectivity index (χ3v) is 1.96. The van der Waals surface area contributed by atoms with E-state index in [4.69, 9.17) is 5.73 Å². The number of amides is 1. The van der Waals surface area contributed by atoms with Gasteiger partial charge in [0.2, 0.25) is 5.91 Å². The maximum absolute atomic E-state index is 11.1. The molecule has 0 aromatic carbocycles. The zero-order valence-corrected chi connectivity index (χ0v) is 9.38. The Morgan fingerprint density at radius 3 is 2.57 bits per heavy atom. The first-order valence-electron chi connectivity index (χ1n) is 5.28. The van der Waals surface area contributed by atoms with Gasteiger partial charge in [0, 0.05) is 13.0 Å². The zero-order valence-electron chi connectivity index (χ0n) is 9.38. The van der Waals surface area contributed by atoms with Gasteiger partial charge in [0.1, 0.15) is 0 Å². The number of nitrogens with zero attached hydrogens (tertiary/aromatic N) is 1. The highest BCUT2D eigenvalue weighted by Gasteiger charge is 1.98. The minimum Gasteiger partial charge on any atom is -0.356 e. The highest BCUT2D eigenvalue weighted by Crippen LogP contribution is 1.90. The molecule has 0 unspecified atom stereocenters. The van der Waals surface area contributed by atoms with Crippen molar-refractivity contribution in [1.29, 1.82) is 0 Å². The molecule has 0 atom stereocenters. The Hall–Kier alpha value is -0.610. The quantitative estimate of drug-likeness (QED) is 0.551. The first kappa shape index (κ1) is 13.4. The molecule has 0 fully saturated rings. The van der Waals surface area contributed by atoms with Gasteiger partial charge >= 0.3 is 0 Å². The molecule has 4 nitrogen and oxygen atoms in total. The van der Waals surface area contributed by atoms with E-state index in [1.165, 1.54) is 0 Å². The molecule has 4 heteroatoms. The van der Waals surface area contributed by atoms with Crippen molar-refractivity contribution < 1.29 is 4.79 Å². The highest BCUT2D eigenvalue weighted by atomic mass is 16.1. The fourth-order valence-corrected chi connectivity index (χ4v) is 1.13. The van der Waals surface area contributed by atoms with Crippen molar-refractivity contribution >= 4 is 5.91 Å². The van der Waals surface area contributed by atoms with Crippen LogP contribution in [0, 0.1) is 0 Å². The van der Waals surface area contributed by atoms with Gasteiger partial charge in [-0.25, -0.2) is 0 Å². The maximum atomic E-state index is 11.1. The molecular formula is C10H23N3O. The summed E-state index contributed by atoms with van der Waals surface area (Å²) in [4.78, 5) is 13.3. The second kappa shape index (κ2) is 8.97. The fourth-order valence-electron chi connectivity index (χ4n) is 1.13. The molecule has 0 spiro atoms. The van der Waals surface area contributed by atoms with E-state index in [1.807, 2.05) is 0 Å². The molecule has 14 heavy (non-hydrogen) atoms. The summed E-state index contributed by atoms with van der Waals surface area (Å²) in [5, 5.41) is 2.88. The molecule has 84 valence electrons. The number of nitrogens with two attached hydrogens (primary N) is 1. The van der Waals surface area contributed by atoms with Crippen molar-refractivity contribution in [3.8, 4) is 0 Å². The Bertz CT molecular complexity index is 148. The lowest BCUT2D eigenvalue weighted by Crippen LogP contribution is -2.25. The SMILES string of the molecule is CN(C)CCCCNC(=O)CCCN.